The Hall–Kier alpha value is -2.68. The highest BCUT2D eigenvalue weighted by atomic mass is 32.1. The minimum absolute atomic E-state index is 0.116. The van der Waals surface area contributed by atoms with Gasteiger partial charge >= 0.3 is 5.97 Å². The third kappa shape index (κ3) is 3.55. The highest BCUT2D eigenvalue weighted by Gasteiger charge is 2.28. The van der Waals surface area contributed by atoms with E-state index in [9.17, 15) is 19.1 Å². The van der Waals surface area contributed by atoms with Crippen LogP contribution in [0.4, 0.5) is 10.1 Å². The molecule has 1 saturated carbocycles. The summed E-state index contributed by atoms with van der Waals surface area (Å²) in [6.07, 6.45) is 3.24. The SMILES string of the molecule is CN(C)C(=S)N1CCN(c2cc3c(cc2F)c(=O)c(C(=O)O)cn3C2CC2)CC1. The maximum atomic E-state index is 15.0. The summed E-state index contributed by atoms with van der Waals surface area (Å²) >= 11 is 5.42. The minimum atomic E-state index is -1.29. The van der Waals surface area contributed by atoms with Gasteiger partial charge in [0, 0.05) is 57.9 Å². The molecule has 1 aromatic heterocycles. The molecule has 1 aromatic carbocycles. The molecule has 1 aliphatic carbocycles. The number of carbonyl (C=O) groups is 1. The van der Waals surface area contributed by atoms with E-state index in [1.165, 1.54) is 12.3 Å². The first-order chi connectivity index (χ1) is 13.8. The van der Waals surface area contributed by atoms with Gasteiger partial charge in [-0.2, -0.15) is 0 Å². The normalized spacial score (nSPS) is 16.9. The zero-order valence-corrected chi connectivity index (χ0v) is 17.2. The third-order valence-corrected chi connectivity index (χ3v) is 6.17. The molecule has 2 fully saturated rings. The second-order valence-corrected chi connectivity index (χ2v) is 8.15. The van der Waals surface area contributed by atoms with E-state index in [0.717, 1.165) is 18.0 Å². The van der Waals surface area contributed by atoms with Crippen LogP contribution in [0.1, 0.15) is 29.2 Å². The number of halogens is 1. The van der Waals surface area contributed by atoms with E-state index in [4.69, 9.17) is 12.2 Å². The predicted molar refractivity (Wildman–Crippen MR) is 113 cm³/mol. The van der Waals surface area contributed by atoms with Crippen LogP contribution in [-0.4, -0.2) is 70.8 Å². The van der Waals surface area contributed by atoms with Gasteiger partial charge < -0.3 is 24.4 Å². The number of carboxylic acid groups (broad SMARTS) is 1. The molecule has 1 saturated heterocycles. The second-order valence-electron chi connectivity index (χ2n) is 7.79. The molecule has 0 atom stereocenters. The van der Waals surface area contributed by atoms with E-state index in [2.05, 4.69) is 4.90 Å². The molecule has 0 radical (unpaired) electrons. The summed E-state index contributed by atoms with van der Waals surface area (Å²) in [6.45, 7) is 2.58. The number of nitrogens with zero attached hydrogens (tertiary/aromatic N) is 4. The third-order valence-electron chi connectivity index (χ3n) is 5.54. The molecule has 9 heteroatoms. The highest BCUT2D eigenvalue weighted by Crippen LogP contribution is 2.38. The van der Waals surface area contributed by atoms with E-state index in [0.29, 0.717) is 37.4 Å². The van der Waals surface area contributed by atoms with Crippen LogP contribution in [0.5, 0.6) is 0 Å². The summed E-state index contributed by atoms with van der Waals surface area (Å²) in [5, 5.41) is 10.2. The number of aromatic carboxylic acids is 1. The number of pyridine rings is 1. The molecule has 0 spiro atoms. The number of anilines is 1. The fourth-order valence-corrected chi connectivity index (χ4v) is 4.01. The van der Waals surface area contributed by atoms with Crippen molar-refractivity contribution in [1.29, 1.82) is 0 Å². The summed E-state index contributed by atoms with van der Waals surface area (Å²) in [6, 6.07) is 3.04. The van der Waals surface area contributed by atoms with Gasteiger partial charge in [0.25, 0.3) is 0 Å². The average molecular weight is 418 g/mol. The highest BCUT2D eigenvalue weighted by molar-refractivity contribution is 7.80. The first-order valence-corrected chi connectivity index (χ1v) is 10.0. The zero-order valence-electron chi connectivity index (χ0n) is 16.4. The standard InChI is InChI=1S/C20H23FN4O3S/c1-22(2)20(29)24-7-5-23(6-8-24)17-10-16-13(9-15(17)21)18(26)14(19(27)28)11-25(16)12-3-4-12/h9-12H,3-8H2,1-2H3,(H,27,28). The van der Waals surface area contributed by atoms with Crippen molar-refractivity contribution in [3.8, 4) is 0 Å². The molecule has 2 aromatic rings. The van der Waals surface area contributed by atoms with Gasteiger partial charge in [0.05, 0.1) is 11.2 Å². The van der Waals surface area contributed by atoms with Gasteiger partial charge in [0.15, 0.2) is 5.11 Å². The van der Waals surface area contributed by atoms with Gasteiger partial charge in [0.1, 0.15) is 11.4 Å². The van der Waals surface area contributed by atoms with Gasteiger partial charge in [-0.05, 0) is 37.2 Å². The van der Waals surface area contributed by atoms with Crippen LogP contribution in [0.15, 0.2) is 23.1 Å². The van der Waals surface area contributed by atoms with Crippen LogP contribution in [0.25, 0.3) is 10.9 Å². The molecule has 0 unspecified atom stereocenters. The Labute approximate surface area is 172 Å². The summed E-state index contributed by atoms with van der Waals surface area (Å²) in [5.41, 5.74) is 0.0632. The molecular weight excluding hydrogens is 395 g/mol. The topological polar surface area (TPSA) is 69.0 Å². The first-order valence-electron chi connectivity index (χ1n) is 9.60. The van der Waals surface area contributed by atoms with Crippen LogP contribution in [0.3, 0.4) is 0 Å². The molecular formula is C20H23FN4O3S. The lowest BCUT2D eigenvalue weighted by Crippen LogP contribution is -2.51. The quantitative estimate of drug-likeness (QED) is 0.766. The van der Waals surface area contributed by atoms with Crippen molar-refractivity contribution < 1.29 is 14.3 Å². The van der Waals surface area contributed by atoms with Crippen LogP contribution in [-0.2, 0) is 0 Å². The van der Waals surface area contributed by atoms with E-state index < -0.39 is 17.2 Å². The number of carboxylic acids is 1. The van der Waals surface area contributed by atoms with E-state index in [1.54, 1.807) is 6.07 Å². The van der Waals surface area contributed by atoms with E-state index in [-0.39, 0.29) is 17.0 Å². The monoisotopic (exact) mass is 418 g/mol. The Kier molecular flexibility index (Phi) is 4.94. The zero-order chi connectivity index (χ0) is 20.9. The van der Waals surface area contributed by atoms with E-state index >= 15 is 0 Å². The van der Waals surface area contributed by atoms with Gasteiger partial charge in [-0.1, -0.05) is 0 Å². The molecule has 0 amide bonds. The van der Waals surface area contributed by atoms with Crippen molar-refractivity contribution in [3.05, 3.63) is 39.9 Å². The first kappa shape index (κ1) is 19.6. The summed E-state index contributed by atoms with van der Waals surface area (Å²) in [5.74, 6) is -1.80. The van der Waals surface area contributed by atoms with Crippen molar-refractivity contribution in [1.82, 2.24) is 14.4 Å². The van der Waals surface area contributed by atoms with Crippen LogP contribution in [0, 0.1) is 5.82 Å². The van der Waals surface area contributed by atoms with Crippen LogP contribution >= 0.6 is 12.2 Å². The Morgan fingerprint density at radius 1 is 1.21 bits per heavy atom. The Balaban J connectivity index is 1.72. The predicted octanol–water partition coefficient (Wildman–Crippen LogP) is 2.14. The van der Waals surface area contributed by atoms with Gasteiger partial charge in [0.2, 0.25) is 5.43 Å². The van der Waals surface area contributed by atoms with Crippen molar-refractivity contribution in [2.45, 2.75) is 18.9 Å². The van der Waals surface area contributed by atoms with E-state index in [1.807, 2.05) is 28.5 Å². The molecule has 1 aliphatic heterocycles. The number of rotatable bonds is 3. The minimum Gasteiger partial charge on any atom is -0.477 e. The summed E-state index contributed by atoms with van der Waals surface area (Å²) < 4.78 is 16.8. The van der Waals surface area contributed by atoms with Crippen LogP contribution in [0.2, 0.25) is 0 Å². The number of hydrogen-bond acceptors (Lipinski definition) is 4. The van der Waals surface area contributed by atoms with Gasteiger partial charge in [-0.3, -0.25) is 4.79 Å². The Morgan fingerprint density at radius 2 is 1.86 bits per heavy atom. The molecule has 29 heavy (non-hydrogen) atoms. The molecule has 4 rings (SSSR count). The van der Waals surface area contributed by atoms with Crippen molar-refractivity contribution in [2.24, 2.45) is 0 Å². The second kappa shape index (κ2) is 7.29. The van der Waals surface area contributed by atoms with Crippen LogP contribution < -0.4 is 10.3 Å². The van der Waals surface area contributed by atoms with Gasteiger partial charge in [-0.15, -0.1) is 0 Å². The van der Waals surface area contributed by atoms with Crippen molar-refractivity contribution in [2.75, 3.05) is 45.2 Å². The molecule has 0 bridgehead atoms. The maximum Gasteiger partial charge on any atom is 0.341 e. The Bertz CT molecular complexity index is 1060. The fraction of sp³-hybridized carbons (Fsp3) is 0.450. The van der Waals surface area contributed by atoms with Crippen molar-refractivity contribution >= 4 is 39.9 Å². The lowest BCUT2D eigenvalue weighted by molar-refractivity contribution is 0.0695. The maximum absolute atomic E-state index is 15.0. The lowest BCUT2D eigenvalue weighted by atomic mass is 10.1. The number of thiocarbonyl (C=S) groups is 1. The molecule has 2 heterocycles. The molecule has 2 aliphatic rings. The number of fused-ring (bicyclic) bond motifs is 1. The number of benzene rings is 1. The summed E-state index contributed by atoms with van der Waals surface area (Å²) in [7, 11) is 3.81. The summed E-state index contributed by atoms with van der Waals surface area (Å²) in [4.78, 5) is 30.0. The molecule has 1 N–H and O–H groups in total. The number of hydrogen-bond donors (Lipinski definition) is 1. The van der Waals surface area contributed by atoms with Gasteiger partial charge in [-0.25, -0.2) is 9.18 Å². The number of aromatic nitrogens is 1. The van der Waals surface area contributed by atoms with Crippen molar-refractivity contribution in [3.63, 3.8) is 0 Å². The molecule has 154 valence electrons. The lowest BCUT2D eigenvalue weighted by Gasteiger charge is -2.39. The number of piperazine rings is 1. The fourth-order valence-electron chi connectivity index (χ4n) is 3.83. The smallest absolute Gasteiger partial charge is 0.341 e. The largest absolute Gasteiger partial charge is 0.477 e. The Morgan fingerprint density at radius 3 is 2.41 bits per heavy atom. The molecule has 7 nitrogen and oxygen atoms in total. The average Bonchev–Trinajstić information content (AvgIpc) is 3.52.